The van der Waals surface area contributed by atoms with Crippen LogP contribution in [0.2, 0.25) is 0 Å². The van der Waals surface area contributed by atoms with E-state index >= 15 is 0 Å². The van der Waals surface area contributed by atoms with E-state index in [-0.39, 0.29) is 28.9 Å². The molecule has 0 atom stereocenters. The topological polar surface area (TPSA) is 165 Å². The Hall–Kier alpha value is -4.74. The number of aryl methyl sites for hydroxylation is 1. The second-order valence-electron chi connectivity index (χ2n) is 8.35. The number of aromatic nitrogens is 2. The third-order valence-electron chi connectivity index (χ3n) is 5.74. The molecule has 38 heavy (non-hydrogen) atoms. The fourth-order valence-electron chi connectivity index (χ4n) is 3.75. The molecule has 0 spiro atoms. The molecule has 1 heterocycles. The van der Waals surface area contributed by atoms with Crippen LogP contribution >= 0.6 is 0 Å². The Morgan fingerprint density at radius 2 is 1.32 bits per heavy atom. The van der Waals surface area contributed by atoms with Crippen molar-refractivity contribution in [2.45, 2.75) is 45.3 Å². The summed E-state index contributed by atoms with van der Waals surface area (Å²) in [6, 6.07) is 15.3. The van der Waals surface area contributed by atoms with Gasteiger partial charge in [0, 0.05) is 18.3 Å². The zero-order valence-corrected chi connectivity index (χ0v) is 20.4. The molecular weight excluding hydrogens is 496 g/mol. The van der Waals surface area contributed by atoms with Gasteiger partial charge in [-0.05, 0) is 43.5 Å². The number of rotatable bonds is 14. The van der Waals surface area contributed by atoms with E-state index in [0.717, 1.165) is 12.1 Å². The van der Waals surface area contributed by atoms with Crippen molar-refractivity contribution in [1.82, 2.24) is 10.2 Å². The van der Waals surface area contributed by atoms with Gasteiger partial charge in [0.1, 0.15) is 13.2 Å². The minimum atomic E-state index is -1.29. The van der Waals surface area contributed by atoms with Crippen molar-refractivity contribution in [3.05, 3.63) is 104 Å². The fraction of sp³-hybridized carbons (Fsp3) is 0.308. The van der Waals surface area contributed by atoms with Crippen LogP contribution in [-0.2, 0) is 38.7 Å². The Labute approximate surface area is 217 Å². The number of hydrogen-bond donors (Lipinski definition) is 0. The van der Waals surface area contributed by atoms with Crippen LogP contribution < -0.4 is 0 Å². The van der Waals surface area contributed by atoms with Gasteiger partial charge in [-0.15, -0.1) is 0 Å². The number of benzene rings is 2. The summed E-state index contributed by atoms with van der Waals surface area (Å²) in [4.78, 5) is 47.1. The van der Waals surface area contributed by atoms with E-state index in [1.165, 1.54) is 36.4 Å². The lowest BCUT2D eigenvalue weighted by Gasteiger charge is -2.16. The van der Waals surface area contributed by atoms with Crippen molar-refractivity contribution in [1.29, 1.82) is 0 Å². The largest absolute Gasteiger partial charge is 0.460 e. The van der Waals surface area contributed by atoms with E-state index in [1.807, 2.05) is 6.07 Å². The standard InChI is InChI=1S/C26H26N4O8/c31-25(37-17-19-9-4-6-14-23(19)29(33)34)22(13-3-1-2-11-21-12-8-16-27-28-21)26(32)38-18-20-10-5-7-15-24(20)30(35)36/h4-10,12,14-16,22H,1-3,11,13,17-18H2. The van der Waals surface area contributed by atoms with Gasteiger partial charge in [0.25, 0.3) is 11.4 Å². The molecule has 0 aliphatic heterocycles. The van der Waals surface area contributed by atoms with Crippen molar-refractivity contribution >= 4 is 23.3 Å². The molecule has 0 saturated carbocycles. The summed E-state index contributed by atoms with van der Waals surface area (Å²) in [6.45, 7) is -0.785. The average molecular weight is 523 g/mol. The van der Waals surface area contributed by atoms with E-state index in [2.05, 4.69) is 10.2 Å². The molecule has 1 aromatic heterocycles. The molecule has 0 bridgehead atoms. The van der Waals surface area contributed by atoms with Gasteiger partial charge in [0.15, 0.2) is 5.92 Å². The molecule has 0 saturated heterocycles. The normalized spacial score (nSPS) is 10.7. The van der Waals surface area contributed by atoms with Crippen LogP contribution in [0.3, 0.4) is 0 Å². The molecule has 198 valence electrons. The number of unbranched alkanes of at least 4 members (excludes halogenated alkanes) is 2. The van der Waals surface area contributed by atoms with Crippen LogP contribution in [0, 0.1) is 26.1 Å². The zero-order chi connectivity index (χ0) is 27.3. The predicted molar refractivity (Wildman–Crippen MR) is 133 cm³/mol. The summed E-state index contributed by atoms with van der Waals surface area (Å²) in [5, 5.41) is 30.3. The highest BCUT2D eigenvalue weighted by molar-refractivity contribution is 5.94. The van der Waals surface area contributed by atoms with E-state index in [0.29, 0.717) is 19.3 Å². The summed E-state index contributed by atoms with van der Waals surface area (Å²) in [5.74, 6) is -3.06. The number of nitro groups is 2. The zero-order valence-electron chi connectivity index (χ0n) is 20.4. The van der Waals surface area contributed by atoms with Crippen LogP contribution in [0.4, 0.5) is 11.4 Å². The molecule has 12 heteroatoms. The van der Waals surface area contributed by atoms with Crippen LogP contribution in [0.25, 0.3) is 0 Å². The number of hydrogen-bond acceptors (Lipinski definition) is 10. The van der Waals surface area contributed by atoms with Gasteiger partial charge in [-0.25, -0.2) is 0 Å². The maximum absolute atomic E-state index is 12.9. The van der Waals surface area contributed by atoms with Gasteiger partial charge in [0.05, 0.1) is 26.7 Å². The molecule has 0 radical (unpaired) electrons. The van der Waals surface area contributed by atoms with Crippen molar-refractivity contribution in [2.75, 3.05) is 0 Å². The number of ether oxygens (including phenoxy) is 2. The van der Waals surface area contributed by atoms with Crippen LogP contribution in [0.5, 0.6) is 0 Å². The van der Waals surface area contributed by atoms with E-state index < -0.39 is 40.9 Å². The first kappa shape index (κ1) is 27.8. The molecule has 0 amide bonds. The lowest BCUT2D eigenvalue weighted by atomic mass is 10.0. The average Bonchev–Trinajstić information content (AvgIpc) is 2.93. The number of carbonyl (C=O) groups is 2. The predicted octanol–water partition coefficient (Wildman–Crippen LogP) is 4.50. The molecule has 3 rings (SSSR count). The molecule has 0 aliphatic carbocycles. The van der Waals surface area contributed by atoms with E-state index in [9.17, 15) is 29.8 Å². The molecule has 0 N–H and O–H groups in total. The van der Waals surface area contributed by atoms with Gasteiger partial charge in [0.2, 0.25) is 0 Å². The monoisotopic (exact) mass is 522 g/mol. The minimum absolute atomic E-state index is 0.117. The quantitative estimate of drug-likeness (QED) is 0.0967. The van der Waals surface area contributed by atoms with Gasteiger partial charge in [-0.3, -0.25) is 29.8 Å². The molecule has 0 aliphatic rings. The Balaban J connectivity index is 1.63. The van der Waals surface area contributed by atoms with Crippen LogP contribution in [0.15, 0.2) is 66.9 Å². The van der Waals surface area contributed by atoms with Gasteiger partial charge in [-0.1, -0.05) is 37.1 Å². The molecule has 0 fully saturated rings. The number of nitro benzene ring substituents is 2. The Morgan fingerprint density at radius 1 is 0.763 bits per heavy atom. The highest BCUT2D eigenvalue weighted by atomic mass is 16.6. The lowest BCUT2D eigenvalue weighted by Crippen LogP contribution is -2.28. The summed E-state index contributed by atoms with van der Waals surface area (Å²) >= 11 is 0. The summed E-state index contributed by atoms with van der Waals surface area (Å²) in [5.41, 5.74) is 0.778. The Morgan fingerprint density at radius 3 is 1.82 bits per heavy atom. The second kappa shape index (κ2) is 14.1. The number of esters is 2. The summed E-state index contributed by atoms with van der Waals surface area (Å²) in [6.07, 6.45) is 4.31. The molecule has 3 aromatic rings. The van der Waals surface area contributed by atoms with E-state index in [4.69, 9.17) is 9.47 Å². The number of carbonyl (C=O) groups excluding carboxylic acids is 2. The van der Waals surface area contributed by atoms with Crippen molar-refractivity contribution in [3.8, 4) is 0 Å². The first-order valence-electron chi connectivity index (χ1n) is 11.9. The maximum Gasteiger partial charge on any atom is 0.320 e. The highest BCUT2D eigenvalue weighted by Crippen LogP contribution is 2.23. The third kappa shape index (κ3) is 8.15. The Kier molecular flexibility index (Phi) is 10.3. The van der Waals surface area contributed by atoms with Gasteiger partial charge < -0.3 is 9.47 Å². The van der Waals surface area contributed by atoms with Crippen LogP contribution in [-0.4, -0.2) is 32.0 Å². The fourth-order valence-corrected chi connectivity index (χ4v) is 3.75. The smallest absolute Gasteiger partial charge is 0.320 e. The highest BCUT2D eigenvalue weighted by Gasteiger charge is 2.30. The molecule has 0 unspecified atom stereocenters. The van der Waals surface area contributed by atoms with Crippen LogP contribution in [0.1, 0.15) is 42.5 Å². The SMILES string of the molecule is O=C(OCc1ccccc1[N+](=O)[O-])C(CCCCCc1cccnn1)C(=O)OCc1ccccc1[N+](=O)[O-]. The lowest BCUT2D eigenvalue weighted by molar-refractivity contribution is -0.386. The first-order chi connectivity index (χ1) is 18.4. The molecule has 2 aromatic carbocycles. The number of para-hydroxylation sites is 2. The first-order valence-corrected chi connectivity index (χ1v) is 11.9. The maximum atomic E-state index is 12.9. The third-order valence-corrected chi connectivity index (χ3v) is 5.74. The van der Waals surface area contributed by atoms with Crippen molar-refractivity contribution in [3.63, 3.8) is 0 Å². The van der Waals surface area contributed by atoms with Gasteiger partial charge in [-0.2, -0.15) is 10.2 Å². The van der Waals surface area contributed by atoms with E-state index in [1.54, 1.807) is 24.4 Å². The minimum Gasteiger partial charge on any atom is -0.460 e. The molecular formula is C26H26N4O8. The second-order valence-corrected chi connectivity index (χ2v) is 8.35. The Bertz CT molecular complexity index is 1200. The summed E-state index contributed by atoms with van der Waals surface area (Å²) in [7, 11) is 0. The molecule has 12 nitrogen and oxygen atoms in total. The van der Waals surface area contributed by atoms with Crippen molar-refractivity contribution in [2.24, 2.45) is 5.92 Å². The van der Waals surface area contributed by atoms with Gasteiger partial charge >= 0.3 is 11.9 Å². The number of nitrogens with zero attached hydrogens (tertiary/aromatic N) is 4. The van der Waals surface area contributed by atoms with Crippen molar-refractivity contribution < 1.29 is 28.9 Å². The summed E-state index contributed by atoms with van der Waals surface area (Å²) < 4.78 is 10.5.